The number of ether oxygens (including phenoxy) is 2. The van der Waals surface area contributed by atoms with Crippen LogP contribution in [0.15, 0.2) is 28.8 Å². The average molecular weight is 382 g/mol. The van der Waals surface area contributed by atoms with Crippen molar-refractivity contribution in [2.75, 3.05) is 26.9 Å². The van der Waals surface area contributed by atoms with Crippen molar-refractivity contribution in [3.63, 3.8) is 0 Å². The van der Waals surface area contributed by atoms with Crippen LogP contribution in [0.5, 0.6) is 0 Å². The van der Waals surface area contributed by atoms with Crippen molar-refractivity contribution < 1.29 is 18.8 Å². The number of aryl methyl sites for hydroxylation is 2. The van der Waals surface area contributed by atoms with Gasteiger partial charge in [-0.05, 0) is 31.5 Å². The third kappa shape index (κ3) is 3.48. The maximum atomic E-state index is 13.4. The molecule has 0 radical (unpaired) electrons. The van der Waals surface area contributed by atoms with E-state index >= 15 is 0 Å². The molecule has 0 N–H and O–H groups in total. The van der Waals surface area contributed by atoms with Gasteiger partial charge in [0, 0.05) is 19.0 Å². The van der Waals surface area contributed by atoms with Gasteiger partial charge in [-0.3, -0.25) is 9.78 Å². The highest BCUT2D eigenvalue weighted by Gasteiger charge is 2.33. The molecular formula is C20H22N4O4. The van der Waals surface area contributed by atoms with Crippen LogP contribution >= 0.6 is 0 Å². The first kappa shape index (κ1) is 18.5. The van der Waals surface area contributed by atoms with Gasteiger partial charge in [-0.15, -0.1) is 0 Å². The number of pyridine rings is 1. The lowest BCUT2D eigenvalue weighted by atomic mass is 10.1. The Kier molecular flexibility index (Phi) is 5.06. The van der Waals surface area contributed by atoms with Gasteiger partial charge in [0.05, 0.1) is 30.0 Å². The Morgan fingerprint density at radius 2 is 2.14 bits per heavy atom. The van der Waals surface area contributed by atoms with Crippen LogP contribution in [-0.4, -0.2) is 52.8 Å². The van der Waals surface area contributed by atoms with Crippen LogP contribution in [0.2, 0.25) is 0 Å². The molecule has 8 nitrogen and oxygen atoms in total. The fraction of sp³-hybridized carbons (Fsp3) is 0.400. The number of hydrogen-bond donors (Lipinski definition) is 0. The molecule has 3 heterocycles. The largest absolute Gasteiger partial charge is 0.377 e. The molecule has 0 aliphatic carbocycles. The zero-order valence-electron chi connectivity index (χ0n) is 16.1. The summed E-state index contributed by atoms with van der Waals surface area (Å²) in [6.45, 7) is 5.33. The second-order valence-electron chi connectivity index (χ2n) is 6.89. The number of nitrogens with zero attached hydrogens (tertiary/aromatic N) is 4. The maximum absolute atomic E-state index is 13.4. The van der Waals surface area contributed by atoms with Crippen LogP contribution in [0.4, 0.5) is 0 Å². The van der Waals surface area contributed by atoms with Crippen LogP contribution in [0.1, 0.15) is 39.4 Å². The van der Waals surface area contributed by atoms with E-state index < -0.39 is 6.04 Å². The summed E-state index contributed by atoms with van der Waals surface area (Å²) in [5.41, 5.74) is 3.29. The molecule has 1 amide bonds. The van der Waals surface area contributed by atoms with Gasteiger partial charge in [0.15, 0.2) is 5.82 Å². The van der Waals surface area contributed by atoms with Gasteiger partial charge in [-0.1, -0.05) is 17.3 Å². The number of carbonyl (C=O) groups excluding carboxylic acids is 1. The maximum Gasteiger partial charge on any atom is 0.256 e. The normalized spacial score (nSPS) is 17.2. The number of methoxy groups -OCH3 is 1. The van der Waals surface area contributed by atoms with E-state index in [0.717, 1.165) is 16.5 Å². The first-order valence-electron chi connectivity index (χ1n) is 9.15. The van der Waals surface area contributed by atoms with Crippen LogP contribution in [0.25, 0.3) is 10.9 Å². The summed E-state index contributed by atoms with van der Waals surface area (Å²) < 4.78 is 15.8. The third-order valence-electron chi connectivity index (χ3n) is 4.83. The molecule has 1 saturated heterocycles. The number of benzene rings is 1. The van der Waals surface area contributed by atoms with Gasteiger partial charge >= 0.3 is 0 Å². The Bertz CT molecular complexity index is 1020. The molecule has 0 spiro atoms. The SMILES string of the molecule is COCc1nc([C@@H]2COCCN2C(=O)c2cc3ccc(C)cc3nc2C)no1. The van der Waals surface area contributed by atoms with Gasteiger partial charge in [0.2, 0.25) is 0 Å². The quantitative estimate of drug-likeness (QED) is 0.685. The summed E-state index contributed by atoms with van der Waals surface area (Å²) in [6.07, 6.45) is 0. The van der Waals surface area contributed by atoms with Gasteiger partial charge in [0.25, 0.3) is 11.8 Å². The Balaban J connectivity index is 1.67. The number of morpholine rings is 1. The summed E-state index contributed by atoms with van der Waals surface area (Å²) in [7, 11) is 1.56. The van der Waals surface area contributed by atoms with Crippen molar-refractivity contribution in [3.05, 3.63) is 52.8 Å². The number of carbonyl (C=O) groups is 1. The fourth-order valence-corrected chi connectivity index (χ4v) is 3.39. The lowest BCUT2D eigenvalue weighted by Gasteiger charge is -2.34. The van der Waals surface area contributed by atoms with Gasteiger partial charge < -0.3 is 18.9 Å². The van der Waals surface area contributed by atoms with E-state index in [9.17, 15) is 4.79 Å². The highest BCUT2D eigenvalue weighted by atomic mass is 16.5. The zero-order chi connectivity index (χ0) is 19.7. The van der Waals surface area contributed by atoms with Crippen LogP contribution in [-0.2, 0) is 16.1 Å². The fourth-order valence-electron chi connectivity index (χ4n) is 3.39. The summed E-state index contributed by atoms with van der Waals surface area (Å²) in [4.78, 5) is 24.1. The van der Waals surface area contributed by atoms with Crippen molar-refractivity contribution in [2.45, 2.75) is 26.5 Å². The molecule has 2 aromatic heterocycles. The Morgan fingerprint density at radius 3 is 2.96 bits per heavy atom. The molecule has 1 aromatic carbocycles. The molecule has 28 heavy (non-hydrogen) atoms. The average Bonchev–Trinajstić information content (AvgIpc) is 3.16. The van der Waals surface area contributed by atoms with E-state index in [1.807, 2.05) is 38.1 Å². The molecule has 0 saturated carbocycles. The lowest BCUT2D eigenvalue weighted by molar-refractivity contribution is -0.00582. The van der Waals surface area contributed by atoms with Crippen LogP contribution in [0, 0.1) is 13.8 Å². The number of hydrogen-bond acceptors (Lipinski definition) is 7. The number of aromatic nitrogens is 3. The topological polar surface area (TPSA) is 90.6 Å². The van der Waals surface area contributed by atoms with Crippen molar-refractivity contribution in [3.8, 4) is 0 Å². The summed E-state index contributed by atoms with van der Waals surface area (Å²) in [5, 5.41) is 4.95. The molecule has 4 rings (SSSR count). The monoisotopic (exact) mass is 382 g/mol. The van der Waals surface area contributed by atoms with E-state index in [1.165, 1.54) is 0 Å². The highest BCUT2D eigenvalue weighted by molar-refractivity contribution is 5.99. The van der Waals surface area contributed by atoms with E-state index in [2.05, 4.69) is 15.1 Å². The van der Waals surface area contributed by atoms with Crippen LogP contribution in [0.3, 0.4) is 0 Å². The molecule has 3 aromatic rings. The smallest absolute Gasteiger partial charge is 0.256 e. The van der Waals surface area contributed by atoms with Gasteiger partial charge in [-0.25, -0.2) is 0 Å². The Hall–Kier alpha value is -2.84. The predicted octanol–water partition coefficient (Wildman–Crippen LogP) is 2.59. The Morgan fingerprint density at radius 1 is 1.29 bits per heavy atom. The summed E-state index contributed by atoms with van der Waals surface area (Å²) in [6, 6.07) is 7.51. The molecule has 146 valence electrons. The van der Waals surface area contributed by atoms with Crippen molar-refractivity contribution in [1.29, 1.82) is 0 Å². The molecule has 1 atom stereocenters. The summed E-state index contributed by atoms with van der Waals surface area (Å²) in [5.74, 6) is 0.676. The number of fused-ring (bicyclic) bond motifs is 1. The van der Waals surface area contributed by atoms with Crippen molar-refractivity contribution in [2.24, 2.45) is 0 Å². The third-order valence-corrected chi connectivity index (χ3v) is 4.83. The van der Waals surface area contributed by atoms with Crippen molar-refractivity contribution >= 4 is 16.8 Å². The minimum absolute atomic E-state index is 0.112. The standard InChI is InChI=1S/C20H22N4O4/c1-12-4-5-14-9-15(13(2)21-16(14)8-12)20(25)24-6-7-27-10-17(24)19-22-18(11-26-3)28-23-19/h4-5,8-9,17H,6-7,10-11H2,1-3H3/t17-/m0/s1. The van der Waals surface area contributed by atoms with E-state index in [1.54, 1.807) is 12.0 Å². The predicted molar refractivity (Wildman–Crippen MR) is 101 cm³/mol. The molecule has 0 unspecified atom stereocenters. The first-order valence-corrected chi connectivity index (χ1v) is 9.15. The lowest BCUT2D eigenvalue weighted by Crippen LogP contribution is -2.44. The number of rotatable bonds is 4. The highest BCUT2D eigenvalue weighted by Crippen LogP contribution is 2.26. The summed E-state index contributed by atoms with van der Waals surface area (Å²) >= 11 is 0. The number of amides is 1. The molecular weight excluding hydrogens is 360 g/mol. The minimum atomic E-state index is -0.413. The van der Waals surface area contributed by atoms with Gasteiger partial charge in [-0.2, -0.15) is 4.98 Å². The minimum Gasteiger partial charge on any atom is -0.377 e. The molecule has 1 aliphatic rings. The van der Waals surface area contributed by atoms with Crippen molar-refractivity contribution in [1.82, 2.24) is 20.0 Å². The van der Waals surface area contributed by atoms with Crippen LogP contribution < -0.4 is 0 Å². The molecule has 1 aliphatic heterocycles. The molecule has 8 heteroatoms. The molecule has 0 bridgehead atoms. The Labute approximate surface area is 162 Å². The first-order chi connectivity index (χ1) is 13.6. The molecule has 1 fully saturated rings. The van der Waals surface area contributed by atoms with E-state index in [-0.39, 0.29) is 12.5 Å². The van der Waals surface area contributed by atoms with E-state index in [4.69, 9.17) is 14.0 Å². The zero-order valence-corrected chi connectivity index (χ0v) is 16.1. The second kappa shape index (κ2) is 7.65. The second-order valence-corrected chi connectivity index (χ2v) is 6.89. The van der Waals surface area contributed by atoms with E-state index in [0.29, 0.717) is 42.7 Å². The van der Waals surface area contributed by atoms with Gasteiger partial charge in [0.1, 0.15) is 12.6 Å².